The van der Waals surface area contributed by atoms with Crippen molar-refractivity contribution < 1.29 is 9.53 Å². The minimum Gasteiger partial charge on any atom is -0.444 e. The highest BCUT2D eigenvalue weighted by molar-refractivity contribution is 5.68. The molecule has 3 rings (SSSR count). The number of hydrogen-bond donors (Lipinski definition) is 3. The predicted octanol–water partition coefficient (Wildman–Crippen LogP) is 4.96. The number of nitrogens with one attached hydrogen (secondary N) is 3. The zero-order valence-electron chi connectivity index (χ0n) is 19.5. The van der Waals surface area contributed by atoms with E-state index in [4.69, 9.17) is 4.74 Å². The molecule has 1 fully saturated rings. The second kappa shape index (κ2) is 9.86. The molecule has 32 heavy (non-hydrogen) atoms. The number of hydrogen-bond acceptors (Lipinski definition) is 7. The summed E-state index contributed by atoms with van der Waals surface area (Å²) in [7, 11) is 0. The van der Waals surface area contributed by atoms with Crippen LogP contribution in [0.5, 0.6) is 0 Å². The SMILES string of the molecule is Cc1cccc(Nc2nc(N[C@@H]3CCCC[C@@H]3NC(=O)OC(C)(C)C)nc(C#N)c2C)c1. The van der Waals surface area contributed by atoms with Gasteiger partial charge >= 0.3 is 6.09 Å². The Hall–Kier alpha value is -3.34. The Labute approximate surface area is 189 Å². The summed E-state index contributed by atoms with van der Waals surface area (Å²) < 4.78 is 5.42. The van der Waals surface area contributed by atoms with Gasteiger partial charge < -0.3 is 20.7 Å². The summed E-state index contributed by atoms with van der Waals surface area (Å²) in [6.45, 7) is 9.38. The number of anilines is 3. The molecular weight excluding hydrogens is 404 g/mol. The molecule has 1 heterocycles. The van der Waals surface area contributed by atoms with E-state index < -0.39 is 11.7 Å². The quantitative estimate of drug-likeness (QED) is 0.607. The topological polar surface area (TPSA) is 112 Å². The van der Waals surface area contributed by atoms with Crippen molar-refractivity contribution in [1.29, 1.82) is 5.26 Å². The molecule has 3 N–H and O–H groups in total. The highest BCUT2D eigenvalue weighted by atomic mass is 16.6. The summed E-state index contributed by atoms with van der Waals surface area (Å²) in [4.78, 5) is 21.4. The van der Waals surface area contributed by atoms with Crippen molar-refractivity contribution in [2.45, 2.75) is 78.0 Å². The Kier molecular flexibility index (Phi) is 7.18. The number of alkyl carbamates (subject to hydrolysis) is 1. The maximum absolute atomic E-state index is 12.3. The highest BCUT2D eigenvalue weighted by Gasteiger charge is 2.29. The van der Waals surface area contributed by atoms with Crippen molar-refractivity contribution in [2.75, 3.05) is 10.6 Å². The first-order valence-electron chi connectivity index (χ1n) is 11.0. The Morgan fingerprint density at radius 3 is 2.53 bits per heavy atom. The van der Waals surface area contributed by atoms with Crippen LogP contribution >= 0.6 is 0 Å². The number of amides is 1. The molecule has 0 bridgehead atoms. The molecule has 170 valence electrons. The summed E-state index contributed by atoms with van der Waals surface area (Å²) in [5.41, 5.74) is 2.46. The van der Waals surface area contributed by atoms with Crippen molar-refractivity contribution in [3.63, 3.8) is 0 Å². The molecule has 0 aliphatic heterocycles. The lowest BCUT2D eigenvalue weighted by Crippen LogP contribution is -2.50. The van der Waals surface area contributed by atoms with Gasteiger partial charge in [0.05, 0.1) is 6.04 Å². The van der Waals surface area contributed by atoms with Gasteiger partial charge in [-0.3, -0.25) is 0 Å². The number of nitriles is 1. The van der Waals surface area contributed by atoms with E-state index in [1.165, 1.54) is 0 Å². The van der Waals surface area contributed by atoms with E-state index in [2.05, 4.69) is 32.0 Å². The van der Waals surface area contributed by atoms with Crippen LogP contribution in [0.15, 0.2) is 24.3 Å². The first-order chi connectivity index (χ1) is 15.1. The number of aryl methyl sites for hydroxylation is 1. The van der Waals surface area contributed by atoms with E-state index >= 15 is 0 Å². The second-order valence-corrected chi connectivity index (χ2v) is 9.26. The third-order valence-corrected chi connectivity index (χ3v) is 5.32. The molecule has 8 heteroatoms. The predicted molar refractivity (Wildman–Crippen MR) is 125 cm³/mol. The van der Waals surface area contributed by atoms with Crippen molar-refractivity contribution in [2.24, 2.45) is 0 Å². The number of ether oxygens (including phenoxy) is 1. The summed E-state index contributed by atoms with van der Waals surface area (Å²) in [6.07, 6.45) is 3.33. The average Bonchev–Trinajstić information content (AvgIpc) is 2.70. The van der Waals surface area contributed by atoms with Crippen molar-refractivity contribution in [3.05, 3.63) is 41.1 Å². The average molecular weight is 437 g/mol. The Morgan fingerprint density at radius 1 is 1.16 bits per heavy atom. The number of benzene rings is 1. The molecule has 1 aromatic heterocycles. The zero-order chi connectivity index (χ0) is 23.3. The molecule has 1 saturated carbocycles. The van der Waals surface area contributed by atoms with Crippen molar-refractivity contribution in [1.82, 2.24) is 15.3 Å². The monoisotopic (exact) mass is 436 g/mol. The number of aromatic nitrogens is 2. The van der Waals surface area contributed by atoms with Gasteiger partial charge in [0.15, 0.2) is 5.69 Å². The maximum atomic E-state index is 12.3. The van der Waals surface area contributed by atoms with Gasteiger partial charge in [-0.05, 0) is 65.2 Å². The minimum absolute atomic E-state index is 0.0580. The summed E-state index contributed by atoms with van der Waals surface area (Å²) in [6, 6.07) is 9.95. The van der Waals surface area contributed by atoms with Crippen LogP contribution in [0.1, 0.15) is 63.3 Å². The lowest BCUT2D eigenvalue weighted by molar-refractivity contribution is 0.0488. The van der Waals surface area contributed by atoms with Crippen LogP contribution in [0.25, 0.3) is 0 Å². The van der Waals surface area contributed by atoms with Crippen molar-refractivity contribution >= 4 is 23.5 Å². The molecule has 8 nitrogen and oxygen atoms in total. The van der Waals surface area contributed by atoms with Gasteiger partial charge in [-0.1, -0.05) is 25.0 Å². The molecular formula is C24H32N6O2. The van der Waals surface area contributed by atoms with Gasteiger partial charge in [-0.15, -0.1) is 0 Å². The first kappa shape index (κ1) is 23.3. The van der Waals surface area contributed by atoms with E-state index in [-0.39, 0.29) is 12.1 Å². The van der Waals surface area contributed by atoms with Crippen LogP contribution in [0.2, 0.25) is 0 Å². The number of nitrogens with zero attached hydrogens (tertiary/aromatic N) is 3. The molecule has 0 radical (unpaired) electrons. The van der Waals surface area contributed by atoms with Gasteiger partial charge in [0.25, 0.3) is 0 Å². The smallest absolute Gasteiger partial charge is 0.407 e. The summed E-state index contributed by atoms with van der Waals surface area (Å²) in [5, 5.41) is 19.2. The number of rotatable bonds is 5. The van der Waals surface area contributed by atoms with Crippen LogP contribution in [0.3, 0.4) is 0 Å². The Balaban J connectivity index is 1.80. The molecule has 2 aromatic rings. The Bertz CT molecular complexity index is 1010. The number of carbonyl (C=O) groups excluding carboxylic acids is 1. The van der Waals surface area contributed by atoms with Gasteiger partial charge in [0, 0.05) is 17.3 Å². The Morgan fingerprint density at radius 2 is 1.88 bits per heavy atom. The molecule has 1 aromatic carbocycles. The molecule has 1 aliphatic carbocycles. The molecule has 0 saturated heterocycles. The van der Waals surface area contributed by atoms with Crippen LogP contribution in [0.4, 0.5) is 22.2 Å². The molecule has 0 unspecified atom stereocenters. The van der Waals surface area contributed by atoms with Crippen LogP contribution in [-0.2, 0) is 4.74 Å². The standard InChI is InChI=1S/C24H32N6O2/c1-15-9-8-10-17(13-15)26-21-16(2)20(14-25)28-22(30-21)27-18-11-6-7-12-19(18)29-23(31)32-24(3,4)5/h8-10,13,18-19H,6-7,11-12H2,1-5H3,(H,29,31)(H2,26,27,28,30)/t18-,19+/m1/s1. The largest absolute Gasteiger partial charge is 0.444 e. The summed E-state index contributed by atoms with van der Waals surface area (Å²) in [5.74, 6) is 0.947. The minimum atomic E-state index is -0.556. The van der Waals surface area contributed by atoms with E-state index in [1.54, 1.807) is 0 Å². The second-order valence-electron chi connectivity index (χ2n) is 9.26. The van der Waals surface area contributed by atoms with E-state index in [9.17, 15) is 10.1 Å². The fraction of sp³-hybridized carbons (Fsp3) is 0.500. The molecule has 1 aliphatic rings. The highest BCUT2D eigenvalue weighted by Crippen LogP contribution is 2.25. The third kappa shape index (κ3) is 6.33. The summed E-state index contributed by atoms with van der Waals surface area (Å²) >= 11 is 0. The van der Waals surface area contributed by atoms with Gasteiger partial charge in [-0.2, -0.15) is 10.2 Å². The third-order valence-electron chi connectivity index (χ3n) is 5.32. The van der Waals surface area contributed by atoms with E-state index in [0.29, 0.717) is 23.0 Å². The molecule has 0 spiro atoms. The van der Waals surface area contributed by atoms with Crippen molar-refractivity contribution in [3.8, 4) is 6.07 Å². The van der Waals surface area contributed by atoms with E-state index in [0.717, 1.165) is 36.9 Å². The lowest BCUT2D eigenvalue weighted by atomic mass is 9.90. The van der Waals surface area contributed by atoms with E-state index in [1.807, 2.05) is 58.9 Å². The zero-order valence-corrected chi connectivity index (χ0v) is 19.5. The normalized spacial score (nSPS) is 18.4. The fourth-order valence-electron chi connectivity index (χ4n) is 3.77. The van der Waals surface area contributed by atoms with Gasteiger partial charge in [0.2, 0.25) is 5.95 Å². The molecule has 2 atom stereocenters. The fourth-order valence-corrected chi connectivity index (χ4v) is 3.77. The van der Waals surface area contributed by atoms with Gasteiger partial charge in [0.1, 0.15) is 17.5 Å². The van der Waals surface area contributed by atoms with Crippen LogP contribution in [0, 0.1) is 25.2 Å². The van der Waals surface area contributed by atoms with Crippen LogP contribution in [-0.4, -0.2) is 33.7 Å². The first-order valence-corrected chi connectivity index (χ1v) is 11.0. The number of carbonyl (C=O) groups is 1. The lowest BCUT2D eigenvalue weighted by Gasteiger charge is -2.33. The molecule has 1 amide bonds. The van der Waals surface area contributed by atoms with Crippen LogP contribution < -0.4 is 16.0 Å². The van der Waals surface area contributed by atoms with Gasteiger partial charge in [-0.25, -0.2) is 9.78 Å². The maximum Gasteiger partial charge on any atom is 0.407 e.